The number of carbonyl (C=O) groups is 1. The first-order valence-electron chi connectivity index (χ1n) is 7.20. The van der Waals surface area contributed by atoms with Crippen LogP contribution in [0.3, 0.4) is 0 Å². The molecule has 2 N–H and O–H groups in total. The SMILES string of the molecule is Cc1cccc(C(C)C)c1NC(=O)[C@@H]1CCCNC1. The number of hydrogen-bond donors (Lipinski definition) is 2. The van der Waals surface area contributed by atoms with Gasteiger partial charge in [-0.3, -0.25) is 4.79 Å². The third-order valence-corrected chi connectivity index (χ3v) is 3.84. The van der Waals surface area contributed by atoms with Gasteiger partial charge in [-0.05, 0) is 43.4 Å². The summed E-state index contributed by atoms with van der Waals surface area (Å²) in [5.74, 6) is 0.677. The molecule has 0 aliphatic carbocycles. The van der Waals surface area contributed by atoms with Gasteiger partial charge in [0.25, 0.3) is 0 Å². The molecule has 104 valence electrons. The largest absolute Gasteiger partial charge is 0.325 e. The van der Waals surface area contributed by atoms with E-state index in [-0.39, 0.29) is 11.8 Å². The molecule has 1 aromatic rings. The highest BCUT2D eigenvalue weighted by Crippen LogP contribution is 2.28. The Kier molecular flexibility index (Phi) is 4.59. The van der Waals surface area contributed by atoms with Gasteiger partial charge in [0.15, 0.2) is 0 Å². The predicted molar refractivity (Wildman–Crippen MR) is 79.5 cm³/mol. The number of nitrogens with one attached hydrogen (secondary N) is 2. The highest BCUT2D eigenvalue weighted by atomic mass is 16.1. The van der Waals surface area contributed by atoms with E-state index in [1.807, 2.05) is 0 Å². The molecule has 1 aromatic carbocycles. The summed E-state index contributed by atoms with van der Waals surface area (Å²) in [5.41, 5.74) is 3.37. The van der Waals surface area contributed by atoms with E-state index < -0.39 is 0 Å². The van der Waals surface area contributed by atoms with Gasteiger partial charge in [0.1, 0.15) is 0 Å². The highest BCUT2D eigenvalue weighted by molar-refractivity contribution is 5.94. The molecule has 1 heterocycles. The molecule has 0 bridgehead atoms. The fraction of sp³-hybridized carbons (Fsp3) is 0.562. The lowest BCUT2D eigenvalue weighted by atomic mass is 9.96. The lowest BCUT2D eigenvalue weighted by Gasteiger charge is -2.24. The number of aryl methyl sites for hydroxylation is 1. The Morgan fingerprint density at radius 1 is 1.42 bits per heavy atom. The van der Waals surface area contributed by atoms with Gasteiger partial charge in [0.2, 0.25) is 5.91 Å². The van der Waals surface area contributed by atoms with E-state index in [0.717, 1.165) is 37.2 Å². The van der Waals surface area contributed by atoms with Crippen LogP contribution >= 0.6 is 0 Å². The van der Waals surface area contributed by atoms with Gasteiger partial charge in [0.05, 0.1) is 5.92 Å². The number of rotatable bonds is 3. The Morgan fingerprint density at radius 3 is 2.84 bits per heavy atom. The average molecular weight is 260 g/mol. The molecule has 0 radical (unpaired) electrons. The molecule has 0 saturated carbocycles. The van der Waals surface area contributed by atoms with Crippen LogP contribution in [0.1, 0.15) is 43.7 Å². The Bertz CT molecular complexity index is 448. The van der Waals surface area contributed by atoms with Crippen LogP contribution in [0.2, 0.25) is 0 Å². The van der Waals surface area contributed by atoms with Gasteiger partial charge in [-0.25, -0.2) is 0 Å². The Hall–Kier alpha value is -1.35. The number of piperidine rings is 1. The summed E-state index contributed by atoms with van der Waals surface area (Å²) < 4.78 is 0. The van der Waals surface area contributed by atoms with Crippen molar-refractivity contribution in [1.29, 1.82) is 0 Å². The first kappa shape index (κ1) is 14.1. The molecule has 0 unspecified atom stereocenters. The number of hydrogen-bond acceptors (Lipinski definition) is 2. The zero-order chi connectivity index (χ0) is 13.8. The molecule has 1 atom stereocenters. The summed E-state index contributed by atoms with van der Waals surface area (Å²) >= 11 is 0. The normalized spacial score (nSPS) is 19.5. The third kappa shape index (κ3) is 3.35. The van der Waals surface area contributed by atoms with E-state index in [2.05, 4.69) is 49.6 Å². The summed E-state index contributed by atoms with van der Waals surface area (Å²) in [6.07, 6.45) is 2.07. The summed E-state index contributed by atoms with van der Waals surface area (Å²) in [4.78, 5) is 12.3. The molecular weight excluding hydrogens is 236 g/mol. The van der Waals surface area contributed by atoms with Crippen molar-refractivity contribution in [2.24, 2.45) is 5.92 Å². The van der Waals surface area contributed by atoms with Crippen LogP contribution in [0, 0.1) is 12.8 Å². The van der Waals surface area contributed by atoms with Crippen molar-refractivity contribution in [2.45, 2.75) is 39.5 Å². The van der Waals surface area contributed by atoms with Crippen LogP contribution in [-0.2, 0) is 4.79 Å². The van der Waals surface area contributed by atoms with Crippen LogP contribution in [0.25, 0.3) is 0 Å². The summed E-state index contributed by atoms with van der Waals surface area (Å²) in [5, 5.41) is 6.44. The maximum absolute atomic E-state index is 12.3. The average Bonchev–Trinajstić information content (AvgIpc) is 2.41. The van der Waals surface area contributed by atoms with Crippen molar-refractivity contribution in [3.63, 3.8) is 0 Å². The summed E-state index contributed by atoms with van der Waals surface area (Å²) in [6, 6.07) is 6.22. The maximum atomic E-state index is 12.3. The third-order valence-electron chi connectivity index (χ3n) is 3.84. The van der Waals surface area contributed by atoms with Crippen LogP contribution in [0.15, 0.2) is 18.2 Å². The molecule has 1 aliphatic heterocycles. The summed E-state index contributed by atoms with van der Waals surface area (Å²) in [6.45, 7) is 8.21. The second-order valence-corrected chi connectivity index (χ2v) is 5.73. The van der Waals surface area contributed by atoms with E-state index in [0.29, 0.717) is 5.92 Å². The minimum Gasteiger partial charge on any atom is -0.325 e. The smallest absolute Gasteiger partial charge is 0.228 e. The Labute approximate surface area is 115 Å². The Balaban J connectivity index is 2.15. The van der Waals surface area contributed by atoms with E-state index in [1.165, 1.54) is 5.56 Å². The first-order valence-corrected chi connectivity index (χ1v) is 7.20. The zero-order valence-electron chi connectivity index (χ0n) is 12.1. The lowest BCUT2D eigenvalue weighted by molar-refractivity contribution is -0.120. The van der Waals surface area contributed by atoms with Gasteiger partial charge in [0, 0.05) is 12.2 Å². The molecule has 3 heteroatoms. The van der Waals surface area contributed by atoms with Crippen molar-refractivity contribution in [1.82, 2.24) is 5.32 Å². The molecular formula is C16H24N2O. The van der Waals surface area contributed by atoms with E-state index in [1.54, 1.807) is 0 Å². The molecule has 0 aromatic heterocycles. The van der Waals surface area contributed by atoms with Crippen LogP contribution in [-0.4, -0.2) is 19.0 Å². The minimum absolute atomic E-state index is 0.105. The monoisotopic (exact) mass is 260 g/mol. The predicted octanol–water partition coefficient (Wildman–Crippen LogP) is 3.06. The molecule has 1 amide bonds. The molecule has 3 nitrogen and oxygen atoms in total. The number of para-hydroxylation sites is 1. The molecule has 1 aliphatic rings. The fourth-order valence-electron chi connectivity index (χ4n) is 2.64. The van der Waals surface area contributed by atoms with Crippen LogP contribution < -0.4 is 10.6 Å². The molecule has 2 rings (SSSR count). The van der Waals surface area contributed by atoms with Gasteiger partial charge >= 0.3 is 0 Å². The highest BCUT2D eigenvalue weighted by Gasteiger charge is 2.22. The van der Waals surface area contributed by atoms with Crippen molar-refractivity contribution >= 4 is 11.6 Å². The van der Waals surface area contributed by atoms with Crippen molar-refractivity contribution in [3.05, 3.63) is 29.3 Å². The topological polar surface area (TPSA) is 41.1 Å². The van der Waals surface area contributed by atoms with Crippen molar-refractivity contribution < 1.29 is 4.79 Å². The second kappa shape index (κ2) is 6.20. The molecule has 1 saturated heterocycles. The summed E-state index contributed by atoms with van der Waals surface area (Å²) in [7, 11) is 0. The standard InChI is InChI=1S/C16H24N2O/c1-11(2)14-8-4-6-12(3)15(14)18-16(19)13-7-5-9-17-10-13/h4,6,8,11,13,17H,5,7,9-10H2,1-3H3,(H,18,19)/t13-/m1/s1. The number of amides is 1. The number of benzene rings is 1. The molecule has 19 heavy (non-hydrogen) atoms. The van der Waals surface area contributed by atoms with Crippen molar-refractivity contribution in [3.8, 4) is 0 Å². The number of anilines is 1. The van der Waals surface area contributed by atoms with Crippen LogP contribution in [0.5, 0.6) is 0 Å². The molecule has 0 spiro atoms. The van der Waals surface area contributed by atoms with Gasteiger partial charge < -0.3 is 10.6 Å². The lowest BCUT2D eigenvalue weighted by Crippen LogP contribution is -2.37. The van der Waals surface area contributed by atoms with Gasteiger partial charge in [-0.2, -0.15) is 0 Å². The zero-order valence-corrected chi connectivity index (χ0v) is 12.1. The van der Waals surface area contributed by atoms with Crippen LogP contribution in [0.4, 0.5) is 5.69 Å². The maximum Gasteiger partial charge on any atom is 0.228 e. The Morgan fingerprint density at radius 2 is 2.21 bits per heavy atom. The van der Waals surface area contributed by atoms with E-state index in [4.69, 9.17) is 0 Å². The van der Waals surface area contributed by atoms with E-state index in [9.17, 15) is 4.79 Å². The van der Waals surface area contributed by atoms with Gasteiger partial charge in [-0.15, -0.1) is 0 Å². The van der Waals surface area contributed by atoms with Gasteiger partial charge in [-0.1, -0.05) is 32.0 Å². The minimum atomic E-state index is 0.105. The quantitative estimate of drug-likeness (QED) is 0.877. The molecule has 1 fully saturated rings. The second-order valence-electron chi connectivity index (χ2n) is 5.73. The number of carbonyl (C=O) groups excluding carboxylic acids is 1. The fourth-order valence-corrected chi connectivity index (χ4v) is 2.64. The first-order chi connectivity index (χ1) is 9.09. The van der Waals surface area contributed by atoms with Crippen molar-refractivity contribution in [2.75, 3.05) is 18.4 Å². The van der Waals surface area contributed by atoms with E-state index >= 15 is 0 Å².